The van der Waals surface area contributed by atoms with E-state index >= 15 is 0 Å². The normalized spacial score (nSPS) is 17.8. The van der Waals surface area contributed by atoms with Crippen molar-refractivity contribution >= 4 is 24.3 Å². The van der Waals surface area contributed by atoms with Crippen LogP contribution in [0.5, 0.6) is 0 Å². The lowest BCUT2D eigenvalue weighted by molar-refractivity contribution is 0.199. The summed E-state index contributed by atoms with van der Waals surface area (Å²) in [7, 11) is 0. The van der Waals surface area contributed by atoms with Crippen molar-refractivity contribution in [2.75, 3.05) is 11.4 Å². The van der Waals surface area contributed by atoms with Crippen molar-refractivity contribution in [2.45, 2.75) is 36.2 Å². The number of aromatic nitrogens is 3. The van der Waals surface area contributed by atoms with Crippen molar-refractivity contribution in [3.63, 3.8) is 0 Å². The molecule has 27 heavy (non-hydrogen) atoms. The molecule has 5 nitrogen and oxygen atoms in total. The zero-order chi connectivity index (χ0) is 18.6. The molecular formula is C21H20N4OS. The fourth-order valence-electron chi connectivity index (χ4n) is 3.88. The Balaban J connectivity index is 1.48. The molecule has 1 spiro atoms. The Labute approximate surface area is 163 Å². The highest BCUT2D eigenvalue weighted by molar-refractivity contribution is 7.80. The molecule has 0 bridgehead atoms. The highest BCUT2D eigenvalue weighted by Crippen LogP contribution is 2.57. The van der Waals surface area contributed by atoms with Gasteiger partial charge in [0, 0.05) is 46.7 Å². The van der Waals surface area contributed by atoms with Gasteiger partial charge in [-0.3, -0.25) is 4.98 Å². The van der Waals surface area contributed by atoms with Crippen LogP contribution >= 0.6 is 12.6 Å². The maximum atomic E-state index is 9.78. The summed E-state index contributed by atoms with van der Waals surface area (Å²) in [6.07, 6.45) is 7.22. The predicted octanol–water partition coefficient (Wildman–Crippen LogP) is 4.06. The van der Waals surface area contributed by atoms with Gasteiger partial charge in [0.1, 0.15) is 0 Å². The van der Waals surface area contributed by atoms with Gasteiger partial charge in [-0.05, 0) is 55.2 Å². The first-order chi connectivity index (χ1) is 13.1. The zero-order valence-electron chi connectivity index (χ0n) is 15.0. The van der Waals surface area contributed by atoms with E-state index in [0.29, 0.717) is 5.95 Å². The van der Waals surface area contributed by atoms with E-state index in [1.165, 1.54) is 24.1 Å². The number of pyridine rings is 1. The maximum Gasteiger partial charge on any atom is 0.229 e. The van der Waals surface area contributed by atoms with Gasteiger partial charge in [0.25, 0.3) is 0 Å². The van der Waals surface area contributed by atoms with Crippen LogP contribution in [0.3, 0.4) is 0 Å². The number of thiol groups is 1. The molecule has 3 aromatic rings. The Kier molecular flexibility index (Phi) is 3.74. The topological polar surface area (TPSA) is 62.1 Å². The predicted molar refractivity (Wildman–Crippen MR) is 108 cm³/mol. The Morgan fingerprint density at radius 2 is 1.89 bits per heavy atom. The average Bonchev–Trinajstić information content (AvgIpc) is 3.39. The van der Waals surface area contributed by atoms with Gasteiger partial charge in [-0.1, -0.05) is 6.07 Å². The van der Waals surface area contributed by atoms with Gasteiger partial charge < -0.3 is 10.0 Å². The third kappa shape index (κ3) is 2.80. The molecule has 1 saturated carbocycles. The number of anilines is 2. The lowest BCUT2D eigenvalue weighted by atomic mass is 9.99. The van der Waals surface area contributed by atoms with Crippen molar-refractivity contribution in [1.29, 1.82) is 0 Å². The standard InChI is InChI=1S/C21H20N4OS/c1-13(26)14-4-7-22-18(8-14)15-10-23-20(24-11-15)25-12-21(5-6-21)17-3-2-16(27)9-19(17)25/h2-4,7-11,13,26-27H,5-6,12H2,1H3. The zero-order valence-corrected chi connectivity index (χ0v) is 15.9. The van der Waals surface area contributed by atoms with E-state index in [1.54, 1.807) is 25.5 Å². The Morgan fingerprint density at radius 3 is 2.59 bits per heavy atom. The average molecular weight is 376 g/mol. The maximum absolute atomic E-state index is 9.78. The second kappa shape index (κ2) is 6.04. The summed E-state index contributed by atoms with van der Waals surface area (Å²) in [6, 6.07) is 10.1. The molecule has 5 rings (SSSR count). The van der Waals surface area contributed by atoms with Gasteiger partial charge in [-0.25, -0.2) is 9.97 Å². The summed E-state index contributed by atoms with van der Waals surface area (Å²) in [4.78, 5) is 16.8. The van der Waals surface area contributed by atoms with E-state index in [1.807, 2.05) is 12.1 Å². The molecule has 1 atom stereocenters. The first kappa shape index (κ1) is 16.7. The van der Waals surface area contributed by atoms with Gasteiger partial charge in [-0.2, -0.15) is 0 Å². The molecule has 1 aliphatic carbocycles. The van der Waals surface area contributed by atoms with Crippen molar-refractivity contribution < 1.29 is 5.11 Å². The van der Waals surface area contributed by atoms with Crippen LogP contribution in [0.4, 0.5) is 11.6 Å². The minimum atomic E-state index is -0.529. The minimum absolute atomic E-state index is 0.270. The van der Waals surface area contributed by atoms with Gasteiger partial charge in [0.15, 0.2) is 0 Å². The second-order valence-corrected chi connectivity index (χ2v) is 8.01. The van der Waals surface area contributed by atoms with Gasteiger partial charge >= 0.3 is 0 Å². The molecule has 0 amide bonds. The van der Waals surface area contributed by atoms with E-state index in [4.69, 9.17) is 0 Å². The Bertz CT molecular complexity index is 1010. The number of hydrogen-bond acceptors (Lipinski definition) is 6. The summed E-state index contributed by atoms with van der Waals surface area (Å²) < 4.78 is 0. The summed E-state index contributed by atoms with van der Waals surface area (Å²) in [5, 5.41) is 9.78. The second-order valence-electron chi connectivity index (χ2n) is 7.49. The molecule has 2 aromatic heterocycles. The lowest BCUT2D eigenvalue weighted by Crippen LogP contribution is -2.21. The molecule has 3 heterocycles. The minimum Gasteiger partial charge on any atom is -0.389 e. The summed E-state index contributed by atoms with van der Waals surface area (Å²) in [5.41, 5.74) is 5.25. The fourth-order valence-corrected chi connectivity index (χ4v) is 4.08. The smallest absolute Gasteiger partial charge is 0.229 e. The number of benzene rings is 1. The van der Waals surface area contributed by atoms with Crippen LogP contribution in [0.25, 0.3) is 11.3 Å². The largest absolute Gasteiger partial charge is 0.389 e. The van der Waals surface area contributed by atoms with Crippen LogP contribution in [0, 0.1) is 0 Å². The van der Waals surface area contributed by atoms with E-state index in [-0.39, 0.29) is 5.41 Å². The molecule has 136 valence electrons. The van der Waals surface area contributed by atoms with Crippen molar-refractivity contribution in [3.8, 4) is 11.3 Å². The molecule has 1 N–H and O–H groups in total. The van der Waals surface area contributed by atoms with Crippen LogP contribution in [0.1, 0.15) is 37.0 Å². The third-order valence-electron chi connectivity index (χ3n) is 5.60. The molecule has 1 fully saturated rings. The monoisotopic (exact) mass is 376 g/mol. The molecule has 0 radical (unpaired) electrons. The van der Waals surface area contributed by atoms with Crippen LogP contribution in [0.2, 0.25) is 0 Å². The third-order valence-corrected chi connectivity index (χ3v) is 5.88. The number of aliphatic hydroxyl groups is 1. The SMILES string of the molecule is CC(O)c1ccnc(-c2cnc(N3CC4(CC4)c4ccc(S)cc43)nc2)c1. The first-order valence-electron chi connectivity index (χ1n) is 9.13. The highest BCUT2D eigenvalue weighted by Gasteiger charge is 2.52. The lowest BCUT2D eigenvalue weighted by Gasteiger charge is -2.18. The van der Waals surface area contributed by atoms with E-state index in [9.17, 15) is 5.11 Å². The fraction of sp³-hybridized carbons (Fsp3) is 0.286. The highest BCUT2D eigenvalue weighted by atomic mass is 32.1. The number of rotatable bonds is 3. The molecule has 1 aromatic carbocycles. The van der Waals surface area contributed by atoms with Gasteiger partial charge in [0.05, 0.1) is 11.8 Å². The summed E-state index contributed by atoms with van der Waals surface area (Å²) in [5.74, 6) is 0.703. The van der Waals surface area contributed by atoms with Gasteiger partial charge in [0.2, 0.25) is 5.95 Å². The van der Waals surface area contributed by atoms with Crippen LogP contribution < -0.4 is 4.90 Å². The summed E-state index contributed by atoms with van der Waals surface area (Å²) in [6.45, 7) is 2.67. The molecular weight excluding hydrogens is 356 g/mol. The van der Waals surface area contributed by atoms with Crippen molar-refractivity contribution in [3.05, 3.63) is 60.0 Å². The Hall–Kier alpha value is -2.44. The molecule has 0 saturated heterocycles. The van der Waals surface area contributed by atoms with Crippen LogP contribution in [0.15, 0.2) is 53.8 Å². The van der Waals surface area contributed by atoms with Crippen LogP contribution in [-0.2, 0) is 5.41 Å². The van der Waals surface area contributed by atoms with Crippen LogP contribution in [-0.4, -0.2) is 26.6 Å². The van der Waals surface area contributed by atoms with E-state index < -0.39 is 6.10 Å². The molecule has 1 aliphatic heterocycles. The van der Waals surface area contributed by atoms with Crippen molar-refractivity contribution in [1.82, 2.24) is 15.0 Å². The molecule has 6 heteroatoms. The number of nitrogens with zero attached hydrogens (tertiary/aromatic N) is 4. The van der Waals surface area contributed by atoms with Crippen molar-refractivity contribution in [2.24, 2.45) is 0 Å². The quantitative estimate of drug-likeness (QED) is 0.675. The van der Waals surface area contributed by atoms with E-state index in [0.717, 1.165) is 28.3 Å². The number of hydrogen-bond donors (Lipinski definition) is 2. The molecule has 2 aliphatic rings. The summed E-state index contributed by atoms with van der Waals surface area (Å²) >= 11 is 4.51. The number of aliphatic hydroxyl groups excluding tert-OH is 1. The van der Waals surface area contributed by atoms with E-state index in [2.05, 4.69) is 50.7 Å². The first-order valence-corrected chi connectivity index (χ1v) is 9.58. The number of fused-ring (bicyclic) bond motifs is 2. The molecule has 1 unspecified atom stereocenters. The Morgan fingerprint density at radius 1 is 1.11 bits per heavy atom. The van der Waals surface area contributed by atoms with Gasteiger partial charge in [-0.15, -0.1) is 12.6 Å².